The highest BCUT2D eigenvalue weighted by molar-refractivity contribution is 5.79. The van der Waals surface area contributed by atoms with Gasteiger partial charge in [0.25, 0.3) is 0 Å². The first-order valence-electron chi connectivity index (χ1n) is 21.9. The normalized spacial score (nSPS) is 50.7. The largest absolute Gasteiger partial charge is 0.378 e. The van der Waals surface area contributed by atoms with Gasteiger partial charge in [0.1, 0.15) is 36.3 Å². The maximum absolute atomic E-state index is 14.3. The molecule has 0 aromatic heterocycles. The summed E-state index contributed by atoms with van der Waals surface area (Å²) < 4.78 is 72.6. The first kappa shape index (κ1) is 40.1. The van der Waals surface area contributed by atoms with Crippen molar-refractivity contribution < 1.29 is 56.9 Å². The van der Waals surface area contributed by atoms with E-state index < -0.39 is 12.1 Å². The Labute approximate surface area is 332 Å². The number of ether oxygens (including phenoxy) is 11. The van der Waals surface area contributed by atoms with E-state index in [0.717, 1.165) is 62.5 Å². The van der Waals surface area contributed by atoms with E-state index in [4.69, 9.17) is 52.1 Å². The van der Waals surface area contributed by atoms with E-state index in [2.05, 4.69) is 27.0 Å². The molecule has 9 aliphatic heterocycles. The lowest BCUT2D eigenvalue weighted by molar-refractivity contribution is -0.283. The van der Waals surface area contributed by atoms with Gasteiger partial charge in [-0.1, -0.05) is 27.0 Å². The van der Waals surface area contributed by atoms with Crippen LogP contribution in [0.2, 0.25) is 0 Å². The van der Waals surface area contributed by atoms with Crippen molar-refractivity contribution in [3.05, 3.63) is 24.3 Å². The Morgan fingerprint density at radius 3 is 2.23 bits per heavy atom. The summed E-state index contributed by atoms with van der Waals surface area (Å²) in [5, 5.41) is 0. The minimum atomic E-state index is -0.643. The number of hydrogen-bond donors (Lipinski definition) is 0. The zero-order valence-corrected chi connectivity index (χ0v) is 34.2. The van der Waals surface area contributed by atoms with E-state index >= 15 is 0 Å². The summed E-state index contributed by atoms with van der Waals surface area (Å²) in [6.07, 6.45) is 5.92. The number of ketones is 1. The Morgan fingerprint density at radius 2 is 1.45 bits per heavy atom. The van der Waals surface area contributed by atoms with Crippen LogP contribution in [-0.2, 0) is 56.9 Å². The minimum absolute atomic E-state index is 0.00492. The third kappa shape index (κ3) is 8.00. The molecule has 0 saturated carbocycles. The lowest BCUT2D eigenvalue weighted by Gasteiger charge is -2.47. The monoisotopic (exact) mass is 786 g/mol. The molecule has 56 heavy (non-hydrogen) atoms. The van der Waals surface area contributed by atoms with E-state index in [1.165, 1.54) is 0 Å². The van der Waals surface area contributed by atoms with Crippen LogP contribution >= 0.6 is 0 Å². The zero-order valence-electron chi connectivity index (χ0n) is 34.2. The van der Waals surface area contributed by atoms with Crippen LogP contribution in [0.5, 0.6) is 0 Å². The van der Waals surface area contributed by atoms with Crippen molar-refractivity contribution in [2.45, 2.75) is 221 Å². The Bertz CT molecular complexity index is 1450. The maximum Gasteiger partial charge on any atom is 0.163 e. The van der Waals surface area contributed by atoms with Gasteiger partial charge < -0.3 is 52.1 Å². The highest BCUT2D eigenvalue weighted by Gasteiger charge is 2.61. The van der Waals surface area contributed by atoms with E-state index in [1.807, 2.05) is 13.8 Å². The van der Waals surface area contributed by atoms with Crippen molar-refractivity contribution in [3.63, 3.8) is 0 Å². The van der Waals surface area contributed by atoms with E-state index in [1.54, 1.807) is 7.11 Å². The van der Waals surface area contributed by atoms with Gasteiger partial charge in [-0.15, -0.1) is 0 Å². The predicted molar refractivity (Wildman–Crippen MR) is 203 cm³/mol. The van der Waals surface area contributed by atoms with Gasteiger partial charge in [0, 0.05) is 45.1 Å². The highest BCUT2D eigenvalue weighted by Crippen LogP contribution is 2.47. The molecule has 0 N–H and O–H groups in total. The molecule has 0 spiro atoms. The van der Waals surface area contributed by atoms with Gasteiger partial charge in [-0.05, 0) is 82.3 Å². The van der Waals surface area contributed by atoms with Crippen molar-refractivity contribution in [3.8, 4) is 0 Å². The summed E-state index contributed by atoms with van der Waals surface area (Å²) >= 11 is 0. The van der Waals surface area contributed by atoms with Gasteiger partial charge in [-0.3, -0.25) is 4.79 Å². The quantitative estimate of drug-likeness (QED) is 0.316. The lowest BCUT2D eigenvalue weighted by atomic mass is 9.81. The topological polar surface area (TPSA) is 119 Å². The molecule has 0 aliphatic carbocycles. The first-order chi connectivity index (χ1) is 26.9. The van der Waals surface area contributed by atoms with Crippen LogP contribution in [-0.4, -0.2) is 129 Å². The molecule has 9 heterocycles. The molecule has 12 nitrogen and oxygen atoms in total. The van der Waals surface area contributed by atoms with Crippen molar-refractivity contribution in [2.75, 3.05) is 13.7 Å². The van der Waals surface area contributed by atoms with Crippen LogP contribution in [0.15, 0.2) is 24.3 Å². The molecule has 12 heteroatoms. The lowest BCUT2D eigenvalue weighted by Crippen LogP contribution is -2.61. The number of rotatable bonds is 4. The molecule has 9 aliphatic rings. The van der Waals surface area contributed by atoms with E-state index in [-0.39, 0.29) is 109 Å². The number of fused-ring (bicyclic) bond motifs is 7. The van der Waals surface area contributed by atoms with Gasteiger partial charge in [-0.2, -0.15) is 0 Å². The van der Waals surface area contributed by atoms with Crippen LogP contribution in [0.1, 0.15) is 111 Å². The molecule has 11 bridgehead atoms. The smallest absolute Gasteiger partial charge is 0.163 e. The molecule has 1 unspecified atom stereocenters. The molecule has 0 radical (unpaired) electrons. The third-order valence-corrected chi connectivity index (χ3v) is 14.4. The Hall–Kier alpha value is -1.29. The first-order valence-corrected chi connectivity index (χ1v) is 21.9. The predicted octanol–water partition coefficient (Wildman–Crippen LogP) is 5.91. The number of Topliss-reactive ketones (excluding diaryl/α,β-unsaturated/α-hetero) is 1. The molecule has 9 saturated heterocycles. The van der Waals surface area contributed by atoms with Gasteiger partial charge in [0.15, 0.2) is 12.1 Å². The van der Waals surface area contributed by atoms with Crippen LogP contribution < -0.4 is 0 Å². The van der Waals surface area contributed by atoms with Crippen LogP contribution in [0, 0.1) is 11.8 Å². The van der Waals surface area contributed by atoms with Crippen LogP contribution in [0.4, 0.5) is 0 Å². The fourth-order valence-electron chi connectivity index (χ4n) is 11.6. The highest BCUT2D eigenvalue weighted by atomic mass is 16.8. The Morgan fingerprint density at radius 1 is 0.714 bits per heavy atom. The number of hydrogen-bond acceptors (Lipinski definition) is 12. The second-order valence-electron chi connectivity index (χ2n) is 18.8. The number of carbonyl (C=O) groups excluding carboxylic acids is 1. The minimum Gasteiger partial charge on any atom is -0.378 e. The average Bonchev–Trinajstić information content (AvgIpc) is 3.87. The fraction of sp³-hybridized carbons (Fsp3) is 0.886. The fourth-order valence-corrected chi connectivity index (χ4v) is 11.6. The van der Waals surface area contributed by atoms with Gasteiger partial charge >= 0.3 is 0 Å². The summed E-state index contributed by atoms with van der Waals surface area (Å²) in [5.74, 6) is -0.368. The molecular formula is C44H66O12. The average molecular weight is 787 g/mol. The van der Waals surface area contributed by atoms with Crippen molar-refractivity contribution >= 4 is 5.78 Å². The van der Waals surface area contributed by atoms with Crippen LogP contribution in [0.3, 0.4) is 0 Å². The maximum atomic E-state index is 14.3. The molecular weight excluding hydrogens is 720 g/mol. The summed E-state index contributed by atoms with van der Waals surface area (Å²) in [6, 6.07) is 0. The van der Waals surface area contributed by atoms with E-state index in [9.17, 15) is 4.79 Å². The molecule has 19 atom stereocenters. The molecule has 0 amide bonds. The molecule has 0 aromatic carbocycles. The molecule has 0 aromatic rings. The second-order valence-corrected chi connectivity index (χ2v) is 18.8. The van der Waals surface area contributed by atoms with Gasteiger partial charge in [-0.25, -0.2) is 0 Å². The Balaban J connectivity index is 0.980. The van der Waals surface area contributed by atoms with Crippen LogP contribution in [0.25, 0.3) is 0 Å². The van der Waals surface area contributed by atoms with Gasteiger partial charge in [0.2, 0.25) is 0 Å². The van der Waals surface area contributed by atoms with E-state index in [0.29, 0.717) is 44.6 Å². The summed E-state index contributed by atoms with van der Waals surface area (Å²) in [6.45, 7) is 17.7. The van der Waals surface area contributed by atoms with Crippen molar-refractivity contribution in [1.82, 2.24) is 0 Å². The third-order valence-electron chi connectivity index (χ3n) is 14.4. The van der Waals surface area contributed by atoms with Crippen molar-refractivity contribution in [2.24, 2.45) is 11.8 Å². The number of carbonyl (C=O) groups is 1. The standard InChI is InChI=1S/C44H66O12/c1-8-31-39-41-43(52-31)42-40-33(53-41)13-10-28(50-40)17-25(45)18-30-35(51-36(38(30)46-7)19-29-21-47-44(5,6)56-29)20-34-24(4)22(2)15-26(49-34)9-12-32-23(3)16-27(48-32)11-14-37(54-39)55-42/h22,26-43H,3-4,8-21H2,1-2,5-7H3/t22-,26+,27+,28-,29+,30+,31-,32+,33+,34-,35+,36-,37-,38-,39+,40+,41+,42?,43-/m1/s1. The Kier molecular flexibility index (Phi) is 11.7. The second kappa shape index (κ2) is 16.3. The van der Waals surface area contributed by atoms with Crippen molar-refractivity contribution in [1.29, 1.82) is 0 Å². The molecule has 9 fully saturated rings. The SMILES string of the molecule is C=C1C[C@@H]2CC[C@H]3OC4[C@H]5O[C@H](CC[C@@H]5O[C@H]5[C@@H](O3)[C@@H](CC)O[C@@H]45)CC(=O)C[C@@H]3[C@@H](OC)[C@@H](C[C@H]4COC(C)(C)O4)O[C@H]3C[C@H]3O[C@@H](CC[C@@H]1O2)C[C@@H](C)C3=C. The summed E-state index contributed by atoms with van der Waals surface area (Å²) in [5.41, 5.74) is 2.24. The molecule has 9 rings (SSSR count). The summed E-state index contributed by atoms with van der Waals surface area (Å²) in [4.78, 5) is 14.3. The molecule has 314 valence electrons. The number of methoxy groups -OCH3 is 1. The van der Waals surface area contributed by atoms with Gasteiger partial charge in [0.05, 0.1) is 73.8 Å². The summed E-state index contributed by atoms with van der Waals surface area (Å²) in [7, 11) is 1.73. The zero-order chi connectivity index (χ0) is 38.9.